The number of anilines is 4. The van der Waals surface area contributed by atoms with E-state index in [9.17, 15) is 9.90 Å². The number of nitrogens with zero attached hydrogens (tertiary/aromatic N) is 2. The van der Waals surface area contributed by atoms with Crippen molar-refractivity contribution in [3.8, 4) is 0 Å². The van der Waals surface area contributed by atoms with Gasteiger partial charge in [0.25, 0.3) is 0 Å². The molecular weight excluding hydrogens is 336 g/mol. The minimum atomic E-state index is -0.129. The van der Waals surface area contributed by atoms with E-state index in [-0.39, 0.29) is 11.5 Å². The number of ketones is 1. The minimum absolute atomic E-state index is 0.0581. The zero-order valence-corrected chi connectivity index (χ0v) is 15.1. The van der Waals surface area contributed by atoms with Crippen LogP contribution in [-0.2, 0) is 0 Å². The van der Waals surface area contributed by atoms with Crippen LogP contribution in [0.1, 0.15) is 21.5 Å². The van der Waals surface area contributed by atoms with Crippen LogP contribution in [0.5, 0.6) is 0 Å². The molecule has 4 nitrogen and oxygen atoms in total. The van der Waals surface area contributed by atoms with Crippen LogP contribution < -0.4 is 9.80 Å². The molecule has 1 heterocycles. The predicted molar refractivity (Wildman–Crippen MR) is 109 cm³/mol. The molecule has 0 fully saturated rings. The molecule has 0 saturated heterocycles. The third kappa shape index (κ3) is 2.07. The van der Waals surface area contributed by atoms with Crippen molar-refractivity contribution in [3.05, 3.63) is 83.4 Å². The van der Waals surface area contributed by atoms with Crippen molar-refractivity contribution < 1.29 is 9.90 Å². The lowest BCUT2D eigenvalue weighted by molar-refractivity contribution is 0.105. The van der Waals surface area contributed by atoms with E-state index in [0.717, 1.165) is 28.3 Å². The molecule has 4 heteroatoms. The van der Waals surface area contributed by atoms with Gasteiger partial charge in [0.15, 0.2) is 5.78 Å². The minimum Gasteiger partial charge on any atom is -0.507 e. The van der Waals surface area contributed by atoms with E-state index in [1.165, 1.54) is 0 Å². The van der Waals surface area contributed by atoms with Gasteiger partial charge in [-0.2, -0.15) is 0 Å². The van der Waals surface area contributed by atoms with Gasteiger partial charge >= 0.3 is 0 Å². The van der Waals surface area contributed by atoms with Crippen molar-refractivity contribution in [2.75, 3.05) is 23.9 Å². The first-order chi connectivity index (χ1) is 13.1. The molecule has 27 heavy (non-hydrogen) atoms. The highest BCUT2D eigenvalue weighted by atomic mass is 16.3. The van der Waals surface area contributed by atoms with E-state index in [2.05, 4.69) is 21.9 Å². The maximum atomic E-state index is 12.9. The monoisotopic (exact) mass is 354 g/mol. The van der Waals surface area contributed by atoms with Gasteiger partial charge in [-0.1, -0.05) is 42.5 Å². The molecule has 1 aliphatic carbocycles. The second kappa shape index (κ2) is 5.48. The highest BCUT2D eigenvalue weighted by Crippen LogP contribution is 2.47. The summed E-state index contributed by atoms with van der Waals surface area (Å²) in [5.74, 6) is -0.0713. The van der Waals surface area contributed by atoms with Crippen LogP contribution in [0.25, 0.3) is 11.3 Å². The Bertz CT molecular complexity index is 1150. The third-order valence-corrected chi connectivity index (χ3v) is 5.48. The number of aliphatic hydroxyl groups is 1. The molecule has 0 bridgehead atoms. The normalized spacial score (nSPS) is 15.0. The Hall–Kier alpha value is -3.53. The number of carbonyl (C=O) groups excluding carboxylic acids is 1. The molecule has 0 radical (unpaired) electrons. The van der Waals surface area contributed by atoms with Gasteiger partial charge in [0.05, 0.1) is 28.3 Å². The number of allylic oxidation sites excluding steroid dienone is 1. The Morgan fingerprint density at radius 1 is 0.704 bits per heavy atom. The van der Waals surface area contributed by atoms with E-state index in [4.69, 9.17) is 0 Å². The fourth-order valence-corrected chi connectivity index (χ4v) is 4.05. The summed E-state index contributed by atoms with van der Waals surface area (Å²) in [5.41, 5.74) is 6.54. The summed E-state index contributed by atoms with van der Waals surface area (Å²) in [6.07, 6.45) is 0. The number of rotatable bonds is 1. The van der Waals surface area contributed by atoms with E-state index >= 15 is 0 Å². The number of aliphatic hydroxyl groups excluding tert-OH is 1. The Balaban J connectivity index is 1.66. The van der Waals surface area contributed by atoms with Gasteiger partial charge in [-0.3, -0.25) is 4.79 Å². The molecule has 1 aliphatic heterocycles. The van der Waals surface area contributed by atoms with Gasteiger partial charge < -0.3 is 14.9 Å². The second-order valence-electron chi connectivity index (χ2n) is 6.91. The molecule has 3 aromatic rings. The molecular formula is C23H18N2O2. The summed E-state index contributed by atoms with van der Waals surface area (Å²) in [5, 5.41) is 10.7. The lowest BCUT2D eigenvalue weighted by Gasteiger charge is -2.36. The summed E-state index contributed by atoms with van der Waals surface area (Å²) >= 11 is 0. The summed E-state index contributed by atoms with van der Waals surface area (Å²) < 4.78 is 0. The summed E-state index contributed by atoms with van der Waals surface area (Å²) in [6.45, 7) is 0. The molecule has 132 valence electrons. The van der Waals surface area contributed by atoms with Gasteiger partial charge in [0.1, 0.15) is 5.76 Å². The summed E-state index contributed by atoms with van der Waals surface area (Å²) in [4.78, 5) is 17.1. The van der Waals surface area contributed by atoms with Gasteiger partial charge in [-0.25, -0.2) is 0 Å². The van der Waals surface area contributed by atoms with Gasteiger partial charge in [-0.15, -0.1) is 0 Å². The fourth-order valence-electron chi connectivity index (χ4n) is 4.05. The van der Waals surface area contributed by atoms with Crippen LogP contribution >= 0.6 is 0 Å². The molecule has 3 aromatic carbocycles. The SMILES string of the molecule is CN1c2ccccc2N(C)c2cc(C3=C(O)c4ccccc4C3=O)ccc21. The number of fused-ring (bicyclic) bond motifs is 3. The summed E-state index contributed by atoms with van der Waals surface area (Å²) in [7, 11) is 4.06. The van der Waals surface area contributed by atoms with Crippen molar-refractivity contribution in [1.82, 2.24) is 0 Å². The molecule has 0 amide bonds. The van der Waals surface area contributed by atoms with E-state index < -0.39 is 0 Å². The molecule has 0 aromatic heterocycles. The lowest BCUT2D eigenvalue weighted by Crippen LogP contribution is -2.24. The molecule has 5 rings (SSSR count). The first kappa shape index (κ1) is 15.7. The molecule has 2 aliphatic rings. The van der Waals surface area contributed by atoms with Gasteiger partial charge in [-0.05, 0) is 29.8 Å². The van der Waals surface area contributed by atoms with Crippen LogP contribution in [0.3, 0.4) is 0 Å². The smallest absolute Gasteiger partial charge is 0.198 e. The van der Waals surface area contributed by atoms with Crippen LogP contribution in [0.4, 0.5) is 22.7 Å². The predicted octanol–water partition coefficient (Wildman–Crippen LogP) is 5.16. The summed E-state index contributed by atoms with van der Waals surface area (Å²) in [6, 6.07) is 21.3. The number of Topliss-reactive ketones (excluding diaryl/α,β-unsaturated/α-hetero) is 1. The Kier molecular flexibility index (Phi) is 3.19. The first-order valence-electron chi connectivity index (χ1n) is 8.86. The molecule has 0 unspecified atom stereocenters. The van der Waals surface area contributed by atoms with E-state index in [1.807, 2.05) is 56.6 Å². The Labute approximate surface area is 157 Å². The number of hydrogen-bond donors (Lipinski definition) is 1. The fraction of sp³-hybridized carbons (Fsp3) is 0.0870. The Morgan fingerprint density at radius 2 is 1.26 bits per heavy atom. The largest absolute Gasteiger partial charge is 0.507 e. The van der Waals surface area contributed by atoms with Crippen molar-refractivity contribution >= 4 is 39.9 Å². The highest BCUT2D eigenvalue weighted by molar-refractivity contribution is 6.39. The van der Waals surface area contributed by atoms with Crippen LogP contribution in [0.2, 0.25) is 0 Å². The number of carbonyl (C=O) groups is 1. The standard InChI is InChI=1S/C23H18N2O2/c1-24-17-9-5-6-10-18(17)25(2)20-13-14(11-12-19(20)24)21-22(26)15-7-3-4-8-16(15)23(21)27/h3-13,26H,1-2H3. The highest BCUT2D eigenvalue weighted by Gasteiger charge is 2.32. The van der Waals surface area contributed by atoms with E-state index in [1.54, 1.807) is 12.1 Å². The maximum absolute atomic E-state index is 12.9. The lowest BCUT2D eigenvalue weighted by atomic mass is 9.99. The number of hydrogen-bond acceptors (Lipinski definition) is 4. The Morgan fingerprint density at radius 3 is 1.93 bits per heavy atom. The second-order valence-corrected chi connectivity index (χ2v) is 6.91. The van der Waals surface area contributed by atoms with Crippen molar-refractivity contribution in [1.29, 1.82) is 0 Å². The zero-order valence-electron chi connectivity index (χ0n) is 15.1. The van der Waals surface area contributed by atoms with Crippen LogP contribution in [0, 0.1) is 0 Å². The maximum Gasteiger partial charge on any atom is 0.198 e. The average molecular weight is 354 g/mol. The number of benzene rings is 3. The molecule has 0 saturated carbocycles. The average Bonchev–Trinajstić information content (AvgIpc) is 2.96. The van der Waals surface area contributed by atoms with Crippen molar-refractivity contribution in [2.45, 2.75) is 0 Å². The zero-order chi connectivity index (χ0) is 18.7. The molecule has 1 N–H and O–H groups in total. The number of para-hydroxylation sites is 2. The van der Waals surface area contributed by atoms with Crippen LogP contribution in [0.15, 0.2) is 66.7 Å². The topological polar surface area (TPSA) is 43.8 Å². The van der Waals surface area contributed by atoms with Gasteiger partial charge in [0, 0.05) is 25.2 Å². The van der Waals surface area contributed by atoms with Crippen molar-refractivity contribution in [2.24, 2.45) is 0 Å². The first-order valence-corrected chi connectivity index (χ1v) is 8.86. The molecule has 0 atom stereocenters. The van der Waals surface area contributed by atoms with Crippen molar-refractivity contribution in [3.63, 3.8) is 0 Å². The quantitative estimate of drug-likeness (QED) is 0.656. The third-order valence-electron chi connectivity index (χ3n) is 5.48. The van der Waals surface area contributed by atoms with E-state index in [0.29, 0.717) is 16.7 Å². The van der Waals surface area contributed by atoms with Gasteiger partial charge in [0.2, 0.25) is 0 Å². The van der Waals surface area contributed by atoms with Crippen LogP contribution in [-0.4, -0.2) is 25.0 Å². The molecule has 0 spiro atoms.